The van der Waals surface area contributed by atoms with Crippen LogP contribution in [-0.4, -0.2) is 270 Å². The van der Waals surface area contributed by atoms with E-state index < -0.39 is 250 Å². The lowest BCUT2D eigenvalue weighted by Gasteiger charge is -2.35. The highest BCUT2D eigenvalue weighted by Crippen LogP contribution is 2.33. The Labute approximate surface area is 604 Å². The van der Waals surface area contributed by atoms with Crippen molar-refractivity contribution in [1.82, 2.24) is 62.6 Å². The first kappa shape index (κ1) is 84.2. The molecule has 0 aromatic heterocycles. The van der Waals surface area contributed by atoms with Gasteiger partial charge in [0.2, 0.25) is 65.0 Å². The highest BCUT2D eigenvalue weighted by atomic mass is 16.5. The first-order valence-corrected chi connectivity index (χ1v) is 35.6. The molecule has 33 nitrogen and oxygen atoms in total. The molecule has 4 saturated heterocycles. The maximum atomic E-state index is 15.1. The van der Waals surface area contributed by atoms with Crippen LogP contribution in [0.2, 0.25) is 0 Å². The maximum absolute atomic E-state index is 15.1. The standard InChI is InChI=1S/C71H106N12O21/c1-36(2)27-49-65(97)75-47(24-26-84)64(96)77-50(29-44-19-14-11-15-20-44)62(94)72-31-54(90)80-56(60(92)37(3)4)69(101)81-25-23-38(5)57(81)66(98)76-48(30-46(104-71(103)41(8)74-42(9)86)22-16-21-45(87)28-43-17-12-10-13-18-43)61(93)68(100)79-51(35-85)63(95)73-32-55(91)82-33-52(88)40(7)59(82)70(102)83-34-53(89)39(6)58(83)67(99)78-49/h10-15,17-20,36-41,45-53,56-61,84-85,87-89,92-93H,16,21-35H2,1-9H3,(H,72,94)(H,73,95)(H,74,86)(H,75,97)(H,76,98)(H,77,96)(H,78,99)(H,79,100)(H,80,90)/t38-,39-,40-,41-,45?,46-,47-,48+,49+,50+,51+,52-,53-,56+,57-,58-,59-,60-,61-/m0/s1. The Morgan fingerprint density at radius 3 is 1.76 bits per heavy atom. The van der Waals surface area contributed by atoms with Gasteiger partial charge in [-0.05, 0) is 80.8 Å². The molecule has 4 fully saturated rings. The summed E-state index contributed by atoms with van der Waals surface area (Å²) < 4.78 is 5.91. The van der Waals surface area contributed by atoms with Crippen molar-refractivity contribution in [3.63, 3.8) is 0 Å². The SMILES string of the molecule is CC(=O)N[C@@H](C)C(=O)O[C@@H](CCCC(O)Cc1ccccc1)C[C@H]1NC(=O)[C@@H]2[C@@H](C)CCN2C(=O)[C@@H]([C@@H](O)C(C)C)NC(=O)CNC(=O)[C@@H](Cc2ccccc2)NC(=O)[C@H](CCO)NC(=O)[C@@H](CC(C)C)NC(=O)[C@@H]2[C@@H](C)[C@@H](O)CN2C(=O)[C@@H]2[C@@H](C)[C@@H](O)CN2C(=O)CNC(=O)[C@@H](CO)NC(=O)[C@H]1O. The molecule has 33 heteroatoms. The number of hydrogen-bond acceptors (Lipinski definition) is 21. The normalized spacial score (nSPS) is 29.1. The lowest BCUT2D eigenvalue weighted by molar-refractivity contribution is -0.154. The molecule has 6 rings (SSSR count). The largest absolute Gasteiger partial charge is 0.461 e. The van der Waals surface area contributed by atoms with Crippen molar-refractivity contribution in [1.29, 1.82) is 0 Å². The fourth-order valence-corrected chi connectivity index (χ4v) is 13.5. The molecule has 0 saturated carbocycles. The summed E-state index contributed by atoms with van der Waals surface area (Å²) >= 11 is 0. The zero-order valence-electron chi connectivity index (χ0n) is 60.4. The molecule has 2 aromatic rings. The Kier molecular flexibility index (Phi) is 31.9. The molecule has 104 heavy (non-hydrogen) atoms. The number of carbonyl (C=O) groups excluding carboxylic acids is 13. The van der Waals surface area contributed by atoms with E-state index in [9.17, 15) is 88.5 Å². The molecular weight excluding hydrogens is 1360 g/mol. The first-order valence-electron chi connectivity index (χ1n) is 35.6. The van der Waals surface area contributed by atoms with Gasteiger partial charge in [-0.2, -0.15) is 0 Å². The molecule has 576 valence electrons. The molecular formula is C71H106N12O21. The van der Waals surface area contributed by atoms with Crippen LogP contribution >= 0.6 is 0 Å². The van der Waals surface area contributed by atoms with Gasteiger partial charge in [0.1, 0.15) is 60.5 Å². The smallest absolute Gasteiger partial charge is 0.328 e. The topological polar surface area (TPSA) is 491 Å². The lowest BCUT2D eigenvalue weighted by Crippen LogP contribution is -2.62. The van der Waals surface area contributed by atoms with Crippen molar-refractivity contribution in [2.24, 2.45) is 29.6 Å². The molecule has 0 aliphatic carbocycles. The average Bonchev–Trinajstić information content (AvgIpc) is 1.62. The molecule has 4 heterocycles. The van der Waals surface area contributed by atoms with E-state index in [1.54, 1.807) is 83.1 Å². The number of carbonyl (C=O) groups is 13. The summed E-state index contributed by atoms with van der Waals surface area (Å²) in [6.07, 6.45) is -9.82. The zero-order chi connectivity index (χ0) is 77.0. The first-order chi connectivity index (χ1) is 49.1. The summed E-state index contributed by atoms with van der Waals surface area (Å²) in [5.41, 5.74) is 1.33. The molecule has 1 unspecified atom stereocenters. The molecule has 4 aliphatic heterocycles. The van der Waals surface area contributed by atoms with Gasteiger partial charge in [0.25, 0.3) is 5.91 Å². The summed E-state index contributed by atoms with van der Waals surface area (Å²) in [5, 5.41) is 101. The van der Waals surface area contributed by atoms with Gasteiger partial charge in [-0.25, -0.2) is 4.79 Å². The Hall–Kier alpha value is -8.73. The van der Waals surface area contributed by atoms with Gasteiger partial charge in [-0.3, -0.25) is 57.5 Å². The highest BCUT2D eigenvalue weighted by Gasteiger charge is 2.53. The monoisotopic (exact) mass is 1460 g/mol. The Balaban J connectivity index is 1.41. The Morgan fingerprint density at radius 1 is 0.596 bits per heavy atom. The minimum absolute atomic E-state index is 0.0652. The van der Waals surface area contributed by atoms with Crippen LogP contribution in [0.5, 0.6) is 0 Å². The van der Waals surface area contributed by atoms with Gasteiger partial charge < -0.3 is 103 Å². The number of amides is 12. The van der Waals surface area contributed by atoms with Gasteiger partial charge in [-0.1, -0.05) is 109 Å². The van der Waals surface area contributed by atoms with E-state index in [1.807, 2.05) is 12.1 Å². The molecule has 0 spiro atoms. The number of nitrogens with one attached hydrogen (secondary N) is 9. The van der Waals surface area contributed by atoms with Gasteiger partial charge in [0, 0.05) is 57.8 Å². The number of nitrogens with zero attached hydrogens (tertiary/aromatic N) is 3. The van der Waals surface area contributed by atoms with Crippen molar-refractivity contribution in [2.75, 3.05) is 45.9 Å². The molecule has 2 aromatic carbocycles. The van der Waals surface area contributed by atoms with Crippen molar-refractivity contribution in [2.45, 2.75) is 217 Å². The van der Waals surface area contributed by atoms with E-state index in [-0.39, 0.29) is 57.4 Å². The van der Waals surface area contributed by atoms with Crippen LogP contribution < -0.4 is 47.9 Å². The second kappa shape index (κ2) is 39.4. The van der Waals surface area contributed by atoms with Gasteiger partial charge in [0.15, 0.2) is 6.10 Å². The van der Waals surface area contributed by atoms with E-state index in [2.05, 4.69) is 47.9 Å². The average molecular weight is 1460 g/mol. The van der Waals surface area contributed by atoms with Crippen LogP contribution in [0.4, 0.5) is 0 Å². The lowest BCUT2D eigenvalue weighted by atomic mass is 9.95. The number of rotatable bonds is 20. The number of benzene rings is 2. The van der Waals surface area contributed by atoms with Gasteiger partial charge in [0.05, 0.1) is 50.2 Å². The second-order valence-electron chi connectivity index (χ2n) is 28.5. The van der Waals surface area contributed by atoms with E-state index in [0.717, 1.165) is 27.2 Å². The van der Waals surface area contributed by atoms with Crippen molar-refractivity contribution >= 4 is 76.9 Å². The summed E-state index contributed by atoms with van der Waals surface area (Å²) in [5.74, 6) is -16.8. The predicted octanol–water partition coefficient (Wildman–Crippen LogP) is -4.56. The Morgan fingerprint density at radius 2 is 1.15 bits per heavy atom. The van der Waals surface area contributed by atoms with E-state index >= 15 is 9.59 Å². The quantitative estimate of drug-likeness (QED) is 0.0555. The molecule has 0 bridgehead atoms. The fraction of sp³-hybridized carbons (Fsp3) is 0.648. The second-order valence-corrected chi connectivity index (χ2v) is 28.5. The van der Waals surface area contributed by atoms with E-state index in [1.165, 1.54) is 20.8 Å². The van der Waals surface area contributed by atoms with Gasteiger partial charge >= 0.3 is 5.97 Å². The molecule has 4 aliphatic rings. The van der Waals surface area contributed by atoms with Crippen molar-refractivity contribution in [3.05, 3.63) is 71.8 Å². The van der Waals surface area contributed by atoms with Crippen LogP contribution in [0.3, 0.4) is 0 Å². The number of hydrogen-bond donors (Lipinski definition) is 16. The molecule has 0 radical (unpaired) electrons. The number of esters is 1. The highest BCUT2D eigenvalue weighted by molar-refractivity contribution is 5.99. The van der Waals surface area contributed by atoms with Crippen LogP contribution in [0.25, 0.3) is 0 Å². The maximum Gasteiger partial charge on any atom is 0.328 e. The summed E-state index contributed by atoms with van der Waals surface area (Å²) in [6, 6.07) is 1.40. The van der Waals surface area contributed by atoms with Crippen LogP contribution in [0, 0.1) is 29.6 Å². The van der Waals surface area contributed by atoms with E-state index in [0.29, 0.717) is 5.56 Å². The molecule has 16 N–H and O–H groups in total. The minimum Gasteiger partial charge on any atom is -0.461 e. The number of aliphatic hydroxyl groups excluding tert-OH is 7. The number of fused-ring (bicyclic) bond motifs is 3. The third-order valence-corrected chi connectivity index (χ3v) is 19.5. The predicted molar refractivity (Wildman–Crippen MR) is 371 cm³/mol. The number of aliphatic hydroxyl groups is 7. The van der Waals surface area contributed by atoms with Crippen LogP contribution in [-0.2, 0) is 79.9 Å². The molecule has 12 amide bonds. The van der Waals surface area contributed by atoms with E-state index in [4.69, 9.17) is 4.74 Å². The Bertz CT molecular complexity index is 3320. The molecule has 19 atom stereocenters. The van der Waals surface area contributed by atoms with Crippen molar-refractivity contribution in [3.8, 4) is 0 Å². The zero-order valence-corrected chi connectivity index (χ0v) is 60.4. The fourth-order valence-electron chi connectivity index (χ4n) is 13.5. The summed E-state index contributed by atoms with van der Waals surface area (Å²) in [4.78, 5) is 189. The van der Waals surface area contributed by atoms with Crippen LogP contribution in [0.15, 0.2) is 60.7 Å². The summed E-state index contributed by atoms with van der Waals surface area (Å²) in [6.45, 7) is 8.76. The van der Waals surface area contributed by atoms with Crippen molar-refractivity contribution < 1.29 is 103 Å². The minimum atomic E-state index is -2.42. The van der Waals surface area contributed by atoms with Crippen LogP contribution in [0.1, 0.15) is 118 Å². The third kappa shape index (κ3) is 23.1. The number of ether oxygens (including phenoxy) is 1. The van der Waals surface area contributed by atoms with Gasteiger partial charge in [-0.15, -0.1) is 0 Å². The third-order valence-electron chi connectivity index (χ3n) is 19.5. The summed E-state index contributed by atoms with van der Waals surface area (Å²) in [7, 11) is 0.